The Morgan fingerprint density at radius 3 is 2.06 bits per heavy atom. The van der Waals surface area contributed by atoms with Gasteiger partial charge in [-0.3, -0.25) is 0 Å². The van der Waals surface area contributed by atoms with Crippen LogP contribution in [0.3, 0.4) is 0 Å². The number of hydrogen-bond acceptors (Lipinski definition) is 3. The molecule has 0 bridgehead atoms. The molecule has 172 valence electrons. The van der Waals surface area contributed by atoms with Crippen LogP contribution >= 0.6 is 0 Å². The second kappa shape index (κ2) is 9.86. The average molecular weight is 451 g/mol. The van der Waals surface area contributed by atoms with E-state index in [2.05, 4.69) is 95.3 Å². The monoisotopic (exact) mass is 450 g/mol. The van der Waals surface area contributed by atoms with Crippen molar-refractivity contribution < 1.29 is 14.3 Å². The topological polar surface area (TPSA) is 46.5 Å². The summed E-state index contributed by atoms with van der Waals surface area (Å²) in [5.41, 5.74) is 0.963. The molecule has 1 N–H and O–H groups in total. The number of rotatable bonds is 8. The summed E-state index contributed by atoms with van der Waals surface area (Å²) in [6.07, 6.45) is 4.55. The van der Waals surface area contributed by atoms with E-state index in [4.69, 9.17) is 4.43 Å². The van der Waals surface area contributed by atoms with Crippen LogP contribution in [0.5, 0.6) is 0 Å². The zero-order valence-electron chi connectivity index (χ0n) is 20.2. The molecule has 3 nitrogen and oxygen atoms in total. The Labute approximate surface area is 194 Å². The second-order valence-electron chi connectivity index (χ2n) is 10.5. The van der Waals surface area contributed by atoms with Crippen molar-refractivity contribution in [3.8, 4) is 0 Å². The summed E-state index contributed by atoms with van der Waals surface area (Å²) >= 11 is 0. The van der Waals surface area contributed by atoms with Gasteiger partial charge in [-0.1, -0.05) is 101 Å². The molecule has 0 spiro atoms. The second-order valence-corrected chi connectivity index (χ2v) is 14.8. The zero-order valence-corrected chi connectivity index (χ0v) is 21.2. The SMILES string of the molecule is C[C@@H]1C[C@H](O)C=C(CO[Si](c2ccccc2)(c2ccccc2)C(C)(C)C)[C@]1(C)CCC=O. The highest BCUT2D eigenvalue weighted by atomic mass is 28.4. The Bertz CT molecular complexity index is 877. The van der Waals surface area contributed by atoms with E-state index < -0.39 is 14.4 Å². The molecule has 0 radical (unpaired) electrons. The van der Waals surface area contributed by atoms with Crippen LogP contribution in [-0.2, 0) is 9.22 Å². The van der Waals surface area contributed by atoms with Crippen molar-refractivity contribution >= 4 is 25.0 Å². The molecule has 0 aliphatic heterocycles. The van der Waals surface area contributed by atoms with Crippen molar-refractivity contribution in [3.63, 3.8) is 0 Å². The van der Waals surface area contributed by atoms with Gasteiger partial charge in [-0.05, 0) is 45.2 Å². The molecule has 1 aliphatic carbocycles. The first-order valence-electron chi connectivity index (χ1n) is 11.7. The Kier molecular flexibility index (Phi) is 7.59. The number of hydrogen-bond donors (Lipinski definition) is 1. The fourth-order valence-corrected chi connectivity index (χ4v) is 9.88. The number of carbonyl (C=O) groups is 1. The number of aldehydes is 1. The predicted molar refractivity (Wildman–Crippen MR) is 135 cm³/mol. The smallest absolute Gasteiger partial charge is 0.261 e. The van der Waals surface area contributed by atoms with E-state index in [0.717, 1.165) is 24.7 Å². The maximum Gasteiger partial charge on any atom is 0.261 e. The lowest BCUT2D eigenvalue weighted by atomic mass is 9.64. The van der Waals surface area contributed by atoms with Gasteiger partial charge in [-0.15, -0.1) is 0 Å². The summed E-state index contributed by atoms with van der Waals surface area (Å²) in [5.74, 6) is 0.278. The van der Waals surface area contributed by atoms with Crippen LogP contribution in [0.15, 0.2) is 72.3 Å². The largest absolute Gasteiger partial charge is 0.403 e. The van der Waals surface area contributed by atoms with E-state index in [-0.39, 0.29) is 16.4 Å². The first-order valence-corrected chi connectivity index (χ1v) is 13.6. The first-order chi connectivity index (χ1) is 15.1. The maximum absolute atomic E-state index is 11.2. The zero-order chi connectivity index (χ0) is 23.4. The molecule has 0 heterocycles. The number of carbonyl (C=O) groups excluding carboxylic acids is 1. The molecule has 32 heavy (non-hydrogen) atoms. The van der Waals surface area contributed by atoms with Crippen LogP contribution < -0.4 is 10.4 Å². The van der Waals surface area contributed by atoms with Crippen LogP contribution in [0.4, 0.5) is 0 Å². The molecule has 2 aromatic carbocycles. The number of benzene rings is 2. The first kappa shape index (κ1) is 24.6. The fourth-order valence-electron chi connectivity index (χ4n) is 5.36. The van der Waals surface area contributed by atoms with Crippen LogP contribution in [0.2, 0.25) is 5.04 Å². The third-order valence-corrected chi connectivity index (χ3v) is 12.4. The van der Waals surface area contributed by atoms with Gasteiger partial charge in [-0.25, -0.2) is 0 Å². The standard InChI is InChI=1S/C28H38O3Si/c1-22-19-24(30)20-23(28(22,5)17-12-18-29)21-31-32(27(2,3)4,25-13-8-6-9-14-25)26-15-10-7-11-16-26/h6-11,13-16,18,20,22,24,30H,12,17,19,21H2,1-5H3/t22-,24+,28-/m1/s1. The van der Waals surface area contributed by atoms with Crippen molar-refractivity contribution in [1.29, 1.82) is 0 Å². The van der Waals surface area contributed by atoms with E-state index in [1.165, 1.54) is 10.4 Å². The summed E-state index contributed by atoms with van der Waals surface area (Å²) in [6.45, 7) is 11.7. The number of aliphatic hydroxyl groups is 1. The molecule has 3 rings (SSSR count). The minimum absolute atomic E-state index is 0.103. The van der Waals surface area contributed by atoms with Crippen molar-refractivity contribution in [2.75, 3.05) is 6.61 Å². The average Bonchev–Trinajstić information content (AvgIpc) is 2.76. The van der Waals surface area contributed by atoms with Gasteiger partial charge in [0.05, 0.1) is 12.7 Å². The molecule has 2 aromatic rings. The lowest BCUT2D eigenvalue weighted by Gasteiger charge is -2.46. The normalized spacial score (nSPS) is 24.1. The van der Waals surface area contributed by atoms with Crippen LogP contribution in [0.25, 0.3) is 0 Å². The quantitative estimate of drug-likeness (QED) is 0.354. The lowest BCUT2D eigenvalue weighted by Crippen LogP contribution is -2.66. The van der Waals surface area contributed by atoms with Gasteiger partial charge in [0.25, 0.3) is 8.32 Å². The summed E-state index contributed by atoms with van der Waals surface area (Å²) in [4.78, 5) is 11.2. The van der Waals surface area contributed by atoms with E-state index >= 15 is 0 Å². The molecular weight excluding hydrogens is 412 g/mol. The molecule has 0 saturated heterocycles. The molecular formula is C28H38O3Si. The van der Waals surface area contributed by atoms with E-state index in [0.29, 0.717) is 13.0 Å². The third-order valence-electron chi connectivity index (χ3n) is 7.45. The van der Waals surface area contributed by atoms with E-state index in [1.807, 2.05) is 6.08 Å². The van der Waals surface area contributed by atoms with Gasteiger partial charge >= 0.3 is 0 Å². The Morgan fingerprint density at radius 1 is 1.06 bits per heavy atom. The van der Waals surface area contributed by atoms with E-state index in [1.54, 1.807) is 0 Å². The summed E-state index contributed by atoms with van der Waals surface area (Å²) in [7, 11) is -2.66. The minimum atomic E-state index is -2.66. The molecule has 1 aliphatic rings. The molecule has 0 fully saturated rings. The third kappa shape index (κ3) is 4.68. The summed E-state index contributed by atoms with van der Waals surface area (Å²) in [6, 6.07) is 21.3. The molecule has 0 unspecified atom stereocenters. The highest BCUT2D eigenvalue weighted by Crippen LogP contribution is 2.46. The van der Waals surface area contributed by atoms with Crippen molar-refractivity contribution in [1.82, 2.24) is 0 Å². The summed E-state index contributed by atoms with van der Waals surface area (Å²) in [5, 5.41) is 12.9. The van der Waals surface area contributed by atoms with Gasteiger partial charge in [0.15, 0.2) is 0 Å². The molecule has 0 aromatic heterocycles. The highest BCUT2D eigenvalue weighted by Gasteiger charge is 2.51. The molecule has 4 heteroatoms. The minimum Gasteiger partial charge on any atom is -0.403 e. The Morgan fingerprint density at radius 2 is 1.59 bits per heavy atom. The van der Waals surface area contributed by atoms with Crippen LogP contribution in [-0.4, -0.2) is 32.4 Å². The van der Waals surface area contributed by atoms with E-state index in [9.17, 15) is 9.90 Å². The molecule has 0 amide bonds. The van der Waals surface area contributed by atoms with Crippen molar-refractivity contribution in [3.05, 3.63) is 72.3 Å². The maximum atomic E-state index is 11.2. The van der Waals surface area contributed by atoms with Gasteiger partial charge in [0.2, 0.25) is 0 Å². The van der Waals surface area contributed by atoms with Crippen molar-refractivity contribution in [2.24, 2.45) is 11.3 Å². The summed E-state index contributed by atoms with van der Waals surface area (Å²) < 4.78 is 7.15. The van der Waals surface area contributed by atoms with Gasteiger partial charge in [0, 0.05) is 6.42 Å². The highest BCUT2D eigenvalue weighted by molar-refractivity contribution is 6.99. The van der Waals surface area contributed by atoms with Gasteiger partial charge in [0.1, 0.15) is 6.29 Å². The van der Waals surface area contributed by atoms with Crippen molar-refractivity contribution in [2.45, 2.75) is 65.0 Å². The van der Waals surface area contributed by atoms with Crippen LogP contribution in [0, 0.1) is 11.3 Å². The number of aliphatic hydroxyl groups excluding tert-OH is 1. The van der Waals surface area contributed by atoms with Gasteiger partial charge < -0.3 is 14.3 Å². The fraction of sp³-hybridized carbons (Fsp3) is 0.464. The lowest BCUT2D eigenvalue weighted by molar-refractivity contribution is -0.108. The molecule has 3 atom stereocenters. The van der Waals surface area contributed by atoms with Gasteiger partial charge in [-0.2, -0.15) is 0 Å². The Balaban J connectivity index is 2.08. The molecule has 0 saturated carbocycles. The predicted octanol–water partition coefficient (Wildman–Crippen LogP) is 4.88. The Hall–Kier alpha value is -2.01. The van der Waals surface area contributed by atoms with Crippen LogP contribution in [0.1, 0.15) is 53.9 Å².